The zero-order valence-corrected chi connectivity index (χ0v) is 16.8. The Balaban J connectivity index is 1.72. The van der Waals surface area contributed by atoms with E-state index < -0.39 is 0 Å². The summed E-state index contributed by atoms with van der Waals surface area (Å²) < 4.78 is 10.6. The highest BCUT2D eigenvalue weighted by atomic mass is 16.5. The molecule has 154 valence electrons. The van der Waals surface area contributed by atoms with Crippen molar-refractivity contribution < 1.29 is 19.1 Å². The molecule has 0 fully saturated rings. The zero-order chi connectivity index (χ0) is 21.2. The molecule has 0 bridgehead atoms. The van der Waals surface area contributed by atoms with Crippen molar-refractivity contribution in [3.63, 3.8) is 0 Å². The van der Waals surface area contributed by atoms with Crippen LogP contribution in [0.15, 0.2) is 78.9 Å². The van der Waals surface area contributed by atoms with E-state index in [9.17, 15) is 9.59 Å². The van der Waals surface area contributed by atoms with Gasteiger partial charge in [0, 0.05) is 13.7 Å². The number of benzene rings is 3. The number of carbonyl (C=O) groups is 2. The van der Waals surface area contributed by atoms with E-state index in [1.165, 1.54) is 0 Å². The van der Waals surface area contributed by atoms with Crippen LogP contribution in [0.3, 0.4) is 0 Å². The molecule has 0 aromatic heterocycles. The molecule has 0 spiro atoms. The van der Waals surface area contributed by atoms with Gasteiger partial charge in [-0.15, -0.1) is 0 Å². The van der Waals surface area contributed by atoms with Crippen LogP contribution in [0.25, 0.3) is 0 Å². The van der Waals surface area contributed by atoms with Gasteiger partial charge in [-0.25, -0.2) is 0 Å². The van der Waals surface area contributed by atoms with E-state index in [2.05, 4.69) is 10.6 Å². The van der Waals surface area contributed by atoms with Gasteiger partial charge in [0.2, 0.25) is 0 Å². The number of nitrogens with one attached hydrogen (secondary N) is 2. The van der Waals surface area contributed by atoms with Crippen molar-refractivity contribution in [2.75, 3.05) is 25.6 Å². The van der Waals surface area contributed by atoms with E-state index in [1.54, 1.807) is 55.6 Å². The number of ether oxygens (including phenoxy) is 2. The predicted molar refractivity (Wildman–Crippen MR) is 116 cm³/mol. The molecule has 0 saturated heterocycles. The quantitative estimate of drug-likeness (QED) is 0.531. The molecule has 30 heavy (non-hydrogen) atoms. The van der Waals surface area contributed by atoms with Crippen LogP contribution in [0.2, 0.25) is 0 Å². The Morgan fingerprint density at radius 3 is 2.20 bits per heavy atom. The van der Waals surface area contributed by atoms with Gasteiger partial charge in [-0.2, -0.15) is 0 Å². The Labute approximate surface area is 175 Å². The second-order valence-electron chi connectivity index (χ2n) is 6.51. The first-order valence-electron chi connectivity index (χ1n) is 9.62. The third kappa shape index (κ3) is 5.68. The second kappa shape index (κ2) is 10.8. The molecule has 0 heterocycles. The van der Waals surface area contributed by atoms with Gasteiger partial charge < -0.3 is 20.1 Å². The van der Waals surface area contributed by atoms with Gasteiger partial charge in [-0.05, 0) is 29.8 Å². The van der Waals surface area contributed by atoms with Crippen LogP contribution in [-0.4, -0.2) is 32.1 Å². The van der Waals surface area contributed by atoms with Crippen molar-refractivity contribution >= 4 is 17.5 Å². The fourth-order valence-electron chi connectivity index (χ4n) is 2.87. The van der Waals surface area contributed by atoms with Gasteiger partial charge in [0.15, 0.2) is 0 Å². The predicted octanol–water partition coefficient (Wildman–Crippen LogP) is 3.89. The smallest absolute Gasteiger partial charge is 0.259 e. The van der Waals surface area contributed by atoms with Crippen LogP contribution in [0, 0.1) is 0 Å². The van der Waals surface area contributed by atoms with E-state index in [0.717, 1.165) is 5.56 Å². The molecule has 2 amide bonds. The third-order valence-corrected chi connectivity index (χ3v) is 4.39. The highest BCUT2D eigenvalue weighted by molar-refractivity contribution is 6.10. The lowest BCUT2D eigenvalue weighted by Crippen LogP contribution is -2.25. The molecule has 0 aliphatic rings. The van der Waals surface area contributed by atoms with E-state index >= 15 is 0 Å². The second-order valence-corrected chi connectivity index (χ2v) is 6.51. The molecule has 0 atom stereocenters. The van der Waals surface area contributed by atoms with E-state index in [0.29, 0.717) is 42.3 Å². The van der Waals surface area contributed by atoms with Gasteiger partial charge in [-0.1, -0.05) is 54.6 Å². The molecule has 3 rings (SSSR count). The number of hydrogen-bond donors (Lipinski definition) is 2. The lowest BCUT2D eigenvalue weighted by molar-refractivity contribution is 0.0952. The zero-order valence-electron chi connectivity index (χ0n) is 16.8. The van der Waals surface area contributed by atoms with Crippen molar-refractivity contribution in [3.8, 4) is 5.75 Å². The molecule has 0 saturated carbocycles. The highest BCUT2D eigenvalue weighted by Gasteiger charge is 2.16. The van der Waals surface area contributed by atoms with Crippen molar-refractivity contribution in [1.29, 1.82) is 0 Å². The van der Waals surface area contributed by atoms with Gasteiger partial charge in [-0.3, -0.25) is 9.59 Å². The SMILES string of the molecule is COCCOc1ccccc1C(=O)Nc1ccccc1C(=O)NCc1ccccc1. The minimum atomic E-state index is -0.355. The molecular weight excluding hydrogens is 380 g/mol. The van der Waals surface area contributed by atoms with Crippen LogP contribution >= 0.6 is 0 Å². The van der Waals surface area contributed by atoms with Gasteiger partial charge in [0.25, 0.3) is 11.8 Å². The third-order valence-electron chi connectivity index (χ3n) is 4.39. The first-order valence-corrected chi connectivity index (χ1v) is 9.62. The van der Waals surface area contributed by atoms with Crippen LogP contribution in [0.5, 0.6) is 5.75 Å². The number of anilines is 1. The number of carbonyl (C=O) groups excluding carboxylic acids is 2. The standard InChI is InChI=1S/C24H24N2O4/c1-29-15-16-30-22-14-8-6-12-20(22)24(28)26-21-13-7-5-11-19(21)23(27)25-17-18-9-3-2-4-10-18/h2-14H,15-17H2,1H3,(H,25,27)(H,26,28). The Kier molecular flexibility index (Phi) is 7.58. The first-order chi connectivity index (χ1) is 14.7. The summed E-state index contributed by atoms with van der Waals surface area (Å²) in [7, 11) is 1.59. The summed E-state index contributed by atoms with van der Waals surface area (Å²) in [5.41, 5.74) is 2.20. The molecule has 6 nitrogen and oxygen atoms in total. The topological polar surface area (TPSA) is 76.7 Å². The molecule has 2 N–H and O–H groups in total. The normalized spacial score (nSPS) is 10.3. The van der Waals surface area contributed by atoms with Gasteiger partial charge >= 0.3 is 0 Å². The Hall–Kier alpha value is -3.64. The lowest BCUT2D eigenvalue weighted by Gasteiger charge is -2.14. The molecule has 3 aromatic carbocycles. The monoisotopic (exact) mass is 404 g/mol. The molecule has 0 aliphatic carbocycles. The maximum absolute atomic E-state index is 12.9. The summed E-state index contributed by atoms with van der Waals surface area (Å²) in [6, 6.07) is 23.5. The number of rotatable bonds is 9. The van der Waals surface area contributed by atoms with Crippen molar-refractivity contribution in [2.24, 2.45) is 0 Å². The molecule has 3 aromatic rings. The summed E-state index contributed by atoms with van der Waals surface area (Å²) in [6.07, 6.45) is 0. The Bertz CT molecular complexity index is 989. The van der Waals surface area contributed by atoms with Crippen molar-refractivity contribution in [1.82, 2.24) is 5.32 Å². The lowest BCUT2D eigenvalue weighted by atomic mass is 10.1. The molecule has 0 unspecified atom stereocenters. The summed E-state index contributed by atoms with van der Waals surface area (Å²) in [5.74, 6) is -0.163. The van der Waals surface area contributed by atoms with E-state index in [4.69, 9.17) is 9.47 Å². The van der Waals surface area contributed by atoms with Crippen LogP contribution < -0.4 is 15.4 Å². The fourth-order valence-corrected chi connectivity index (χ4v) is 2.87. The number of hydrogen-bond acceptors (Lipinski definition) is 4. The van der Waals surface area contributed by atoms with Crippen molar-refractivity contribution in [3.05, 3.63) is 95.6 Å². The minimum absolute atomic E-state index is 0.264. The summed E-state index contributed by atoms with van der Waals surface area (Å²) >= 11 is 0. The molecule has 0 radical (unpaired) electrons. The van der Waals surface area contributed by atoms with E-state index in [1.807, 2.05) is 30.3 Å². The maximum atomic E-state index is 12.9. The fraction of sp³-hybridized carbons (Fsp3) is 0.167. The average molecular weight is 404 g/mol. The number of amides is 2. The number of para-hydroxylation sites is 2. The van der Waals surface area contributed by atoms with Crippen molar-refractivity contribution in [2.45, 2.75) is 6.54 Å². The van der Waals surface area contributed by atoms with E-state index in [-0.39, 0.29) is 11.8 Å². The summed E-state index contributed by atoms with van der Waals surface area (Å²) in [5, 5.41) is 5.71. The first kappa shape index (κ1) is 21.1. The molecular formula is C24H24N2O4. The molecule has 0 aliphatic heterocycles. The van der Waals surface area contributed by atoms with Crippen LogP contribution in [0.4, 0.5) is 5.69 Å². The van der Waals surface area contributed by atoms with Crippen LogP contribution in [0.1, 0.15) is 26.3 Å². The van der Waals surface area contributed by atoms with Crippen LogP contribution in [-0.2, 0) is 11.3 Å². The summed E-state index contributed by atoms with van der Waals surface area (Å²) in [4.78, 5) is 25.6. The Morgan fingerprint density at radius 1 is 0.767 bits per heavy atom. The largest absolute Gasteiger partial charge is 0.490 e. The molecule has 6 heteroatoms. The summed E-state index contributed by atoms with van der Waals surface area (Å²) in [6.45, 7) is 1.15. The average Bonchev–Trinajstić information content (AvgIpc) is 2.79. The minimum Gasteiger partial charge on any atom is -0.490 e. The highest BCUT2D eigenvalue weighted by Crippen LogP contribution is 2.21. The number of methoxy groups -OCH3 is 1. The maximum Gasteiger partial charge on any atom is 0.259 e. The Morgan fingerprint density at radius 2 is 1.43 bits per heavy atom. The van der Waals surface area contributed by atoms with Gasteiger partial charge in [0.1, 0.15) is 12.4 Å². The van der Waals surface area contributed by atoms with Gasteiger partial charge in [0.05, 0.1) is 23.4 Å².